The summed E-state index contributed by atoms with van der Waals surface area (Å²) in [6.45, 7) is 2.10. The van der Waals surface area contributed by atoms with Crippen molar-refractivity contribution in [3.8, 4) is 5.75 Å². The van der Waals surface area contributed by atoms with E-state index in [-0.39, 0.29) is 18.0 Å². The molecule has 1 aromatic carbocycles. The molecule has 2 fully saturated rings. The number of carbonyl (C=O) groups is 2. The van der Waals surface area contributed by atoms with Crippen LogP contribution >= 0.6 is 0 Å². The summed E-state index contributed by atoms with van der Waals surface area (Å²) in [5.41, 5.74) is 8.08. The maximum absolute atomic E-state index is 12.4. The standard InChI is InChI=1S/C24H37N3O3/c1-16-14-19(8-9-21(16)30-3)18-6-4-17(5-7-18)15-24(22(25)28)12-10-20(11-13-24)27-23(29)26-2/h8-9,14,17-18,20H,4-7,10-13,15H2,1-3H3,(H2,25,28)(H2,26,27,29)/t17-,18-,20?,24?. The molecule has 0 bridgehead atoms. The molecular weight excluding hydrogens is 378 g/mol. The van der Waals surface area contributed by atoms with E-state index in [4.69, 9.17) is 10.5 Å². The zero-order valence-electron chi connectivity index (χ0n) is 18.6. The summed E-state index contributed by atoms with van der Waals surface area (Å²) in [6, 6.07) is 6.51. The van der Waals surface area contributed by atoms with E-state index in [2.05, 4.69) is 35.8 Å². The van der Waals surface area contributed by atoms with Gasteiger partial charge in [-0.25, -0.2) is 4.79 Å². The maximum Gasteiger partial charge on any atom is 0.314 e. The van der Waals surface area contributed by atoms with E-state index in [1.807, 2.05) is 0 Å². The van der Waals surface area contributed by atoms with Crippen molar-refractivity contribution in [3.63, 3.8) is 0 Å². The molecule has 0 spiro atoms. The van der Waals surface area contributed by atoms with Gasteiger partial charge in [0.05, 0.1) is 7.11 Å². The molecule has 3 amide bonds. The molecule has 0 unspecified atom stereocenters. The number of nitrogens with one attached hydrogen (secondary N) is 2. The van der Waals surface area contributed by atoms with Crippen LogP contribution in [0.15, 0.2) is 18.2 Å². The number of benzene rings is 1. The van der Waals surface area contributed by atoms with Gasteiger partial charge in [0.1, 0.15) is 5.75 Å². The summed E-state index contributed by atoms with van der Waals surface area (Å²) in [4.78, 5) is 24.0. The van der Waals surface area contributed by atoms with Crippen LogP contribution in [0.25, 0.3) is 0 Å². The third-order valence-corrected chi connectivity index (χ3v) is 7.44. The Bertz CT molecular complexity index is 748. The second kappa shape index (κ2) is 9.71. The number of urea groups is 1. The van der Waals surface area contributed by atoms with Gasteiger partial charge in [-0.2, -0.15) is 0 Å². The maximum atomic E-state index is 12.4. The van der Waals surface area contributed by atoms with E-state index in [1.165, 1.54) is 11.1 Å². The largest absolute Gasteiger partial charge is 0.496 e. The summed E-state index contributed by atoms with van der Waals surface area (Å²) >= 11 is 0. The molecule has 6 heteroatoms. The zero-order valence-corrected chi connectivity index (χ0v) is 18.6. The van der Waals surface area contributed by atoms with E-state index in [9.17, 15) is 9.59 Å². The van der Waals surface area contributed by atoms with E-state index in [0.29, 0.717) is 11.8 Å². The van der Waals surface area contributed by atoms with Crippen molar-refractivity contribution in [2.24, 2.45) is 17.1 Å². The van der Waals surface area contributed by atoms with Crippen LogP contribution in [0.4, 0.5) is 4.79 Å². The Balaban J connectivity index is 1.55. The minimum Gasteiger partial charge on any atom is -0.496 e. The number of amides is 3. The highest BCUT2D eigenvalue weighted by atomic mass is 16.5. The van der Waals surface area contributed by atoms with Gasteiger partial charge in [-0.3, -0.25) is 4.79 Å². The van der Waals surface area contributed by atoms with Gasteiger partial charge in [0.25, 0.3) is 0 Å². The van der Waals surface area contributed by atoms with Gasteiger partial charge in [-0.15, -0.1) is 0 Å². The quantitative estimate of drug-likeness (QED) is 0.655. The molecule has 0 aromatic heterocycles. The van der Waals surface area contributed by atoms with Gasteiger partial charge in [0, 0.05) is 18.5 Å². The number of methoxy groups -OCH3 is 1. The minimum atomic E-state index is -0.408. The van der Waals surface area contributed by atoms with E-state index in [1.54, 1.807) is 14.2 Å². The first-order valence-corrected chi connectivity index (χ1v) is 11.3. The SMILES string of the molecule is CNC(=O)NC1CCC(C[C@H]2CC[C@H](c3ccc(OC)c(C)c3)CC2)(C(N)=O)CC1. The van der Waals surface area contributed by atoms with Crippen LogP contribution in [0.3, 0.4) is 0 Å². The molecular formula is C24H37N3O3. The Morgan fingerprint density at radius 1 is 1.13 bits per heavy atom. The van der Waals surface area contributed by atoms with Gasteiger partial charge >= 0.3 is 6.03 Å². The second-order valence-corrected chi connectivity index (χ2v) is 9.29. The Morgan fingerprint density at radius 3 is 2.33 bits per heavy atom. The van der Waals surface area contributed by atoms with E-state index in [0.717, 1.165) is 63.5 Å². The minimum absolute atomic E-state index is 0.131. The summed E-state index contributed by atoms with van der Waals surface area (Å²) < 4.78 is 5.39. The number of nitrogens with two attached hydrogens (primary N) is 1. The van der Waals surface area contributed by atoms with E-state index < -0.39 is 5.41 Å². The van der Waals surface area contributed by atoms with Crippen LogP contribution in [0, 0.1) is 18.3 Å². The van der Waals surface area contributed by atoms with Gasteiger partial charge in [0.2, 0.25) is 5.91 Å². The molecule has 0 atom stereocenters. The third kappa shape index (κ3) is 5.08. The second-order valence-electron chi connectivity index (χ2n) is 9.29. The number of aryl methyl sites for hydroxylation is 1. The Labute approximate surface area is 180 Å². The molecule has 2 saturated carbocycles. The molecule has 6 nitrogen and oxygen atoms in total. The van der Waals surface area contributed by atoms with Crippen LogP contribution in [0.2, 0.25) is 0 Å². The van der Waals surface area contributed by atoms with Crippen LogP contribution in [0.1, 0.15) is 74.8 Å². The molecule has 0 radical (unpaired) electrons. The lowest BCUT2D eigenvalue weighted by Gasteiger charge is -2.41. The fourth-order valence-electron chi connectivity index (χ4n) is 5.53. The summed E-state index contributed by atoms with van der Waals surface area (Å²) in [7, 11) is 3.33. The molecule has 1 aromatic rings. The smallest absolute Gasteiger partial charge is 0.314 e. The van der Waals surface area contributed by atoms with Crippen molar-refractivity contribution in [2.75, 3.05) is 14.2 Å². The van der Waals surface area contributed by atoms with Crippen molar-refractivity contribution in [1.29, 1.82) is 0 Å². The van der Waals surface area contributed by atoms with Gasteiger partial charge in [0.15, 0.2) is 0 Å². The predicted molar refractivity (Wildman–Crippen MR) is 119 cm³/mol. The average Bonchev–Trinajstić information content (AvgIpc) is 2.75. The monoisotopic (exact) mass is 415 g/mol. The number of ether oxygens (including phenoxy) is 1. The summed E-state index contributed by atoms with van der Waals surface area (Å²) in [5.74, 6) is 1.92. The van der Waals surface area contributed by atoms with Crippen LogP contribution in [0.5, 0.6) is 5.75 Å². The molecule has 3 rings (SSSR count). The molecule has 0 aliphatic heterocycles. The topological polar surface area (TPSA) is 93.4 Å². The first kappa shape index (κ1) is 22.4. The van der Waals surface area contributed by atoms with Crippen molar-refractivity contribution in [3.05, 3.63) is 29.3 Å². The van der Waals surface area contributed by atoms with Crippen molar-refractivity contribution >= 4 is 11.9 Å². The molecule has 2 aliphatic carbocycles. The van der Waals surface area contributed by atoms with Crippen molar-refractivity contribution in [2.45, 2.75) is 76.7 Å². The number of carbonyl (C=O) groups excluding carboxylic acids is 2. The number of hydrogen-bond acceptors (Lipinski definition) is 3. The molecule has 4 N–H and O–H groups in total. The number of rotatable bonds is 6. The zero-order chi connectivity index (χ0) is 21.7. The number of primary amides is 1. The first-order valence-electron chi connectivity index (χ1n) is 11.3. The highest BCUT2D eigenvalue weighted by Gasteiger charge is 2.42. The van der Waals surface area contributed by atoms with Crippen molar-refractivity contribution < 1.29 is 14.3 Å². The predicted octanol–water partition coefficient (Wildman–Crippen LogP) is 4.01. The van der Waals surface area contributed by atoms with Gasteiger partial charge in [-0.05, 0) is 93.7 Å². The van der Waals surface area contributed by atoms with Gasteiger partial charge in [-0.1, -0.05) is 12.1 Å². The summed E-state index contributed by atoms with van der Waals surface area (Å²) in [5, 5.41) is 5.57. The molecule has 30 heavy (non-hydrogen) atoms. The highest BCUT2D eigenvalue weighted by molar-refractivity contribution is 5.81. The summed E-state index contributed by atoms with van der Waals surface area (Å²) in [6.07, 6.45) is 8.67. The average molecular weight is 416 g/mol. The Kier molecular flexibility index (Phi) is 7.27. The Hall–Kier alpha value is -2.24. The van der Waals surface area contributed by atoms with E-state index >= 15 is 0 Å². The first-order chi connectivity index (χ1) is 14.4. The molecule has 2 aliphatic rings. The highest BCUT2D eigenvalue weighted by Crippen LogP contribution is 2.46. The lowest BCUT2D eigenvalue weighted by molar-refractivity contribution is -0.131. The lowest BCUT2D eigenvalue weighted by Crippen LogP contribution is -2.48. The Morgan fingerprint density at radius 2 is 1.80 bits per heavy atom. The fourth-order valence-corrected chi connectivity index (χ4v) is 5.53. The van der Waals surface area contributed by atoms with Crippen LogP contribution < -0.4 is 21.1 Å². The third-order valence-electron chi connectivity index (χ3n) is 7.44. The molecule has 166 valence electrons. The van der Waals surface area contributed by atoms with Crippen molar-refractivity contribution in [1.82, 2.24) is 10.6 Å². The van der Waals surface area contributed by atoms with Crippen LogP contribution in [-0.4, -0.2) is 32.1 Å². The molecule has 0 heterocycles. The fraction of sp³-hybridized carbons (Fsp3) is 0.667. The number of hydrogen-bond donors (Lipinski definition) is 3. The lowest BCUT2D eigenvalue weighted by atomic mass is 9.64. The van der Waals surface area contributed by atoms with Gasteiger partial charge < -0.3 is 21.1 Å². The van der Waals surface area contributed by atoms with Crippen LogP contribution in [-0.2, 0) is 4.79 Å². The normalized spacial score (nSPS) is 29.1. The molecule has 0 saturated heterocycles.